The zero-order valence-corrected chi connectivity index (χ0v) is 32.6. The molecule has 1 aliphatic rings. The quantitative estimate of drug-likeness (QED) is 0.0643. The number of fused-ring (bicyclic) bond motifs is 1. The van der Waals surface area contributed by atoms with Crippen LogP contribution >= 0.6 is 12.2 Å². The number of methoxy groups -OCH3 is 2. The Bertz CT molecular complexity index is 1750. The second-order valence-electron chi connectivity index (χ2n) is 13.8. The van der Waals surface area contributed by atoms with E-state index in [-0.39, 0.29) is 6.54 Å². The fraction of sp³-hybridized carbons (Fsp3) is 0.548. The highest BCUT2D eigenvalue weighted by Gasteiger charge is 2.41. The number of hydrogen-bond donors (Lipinski definition) is 2. The van der Waals surface area contributed by atoms with E-state index in [0.29, 0.717) is 39.7 Å². The van der Waals surface area contributed by atoms with Crippen LogP contribution < -0.4 is 10.1 Å². The van der Waals surface area contributed by atoms with Crippen LogP contribution in [0.1, 0.15) is 127 Å². The molecular formula is C42H59N3O5S. The van der Waals surface area contributed by atoms with E-state index in [0.717, 1.165) is 47.0 Å². The van der Waals surface area contributed by atoms with E-state index in [2.05, 4.69) is 29.4 Å². The summed E-state index contributed by atoms with van der Waals surface area (Å²) in [6, 6.07) is 12.1. The molecule has 0 bridgehead atoms. The molecule has 2 heterocycles. The summed E-state index contributed by atoms with van der Waals surface area (Å²) in [5.74, 6) is -1.17. The molecule has 0 radical (unpaired) electrons. The highest BCUT2D eigenvalue weighted by molar-refractivity contribution is 7.71. The van der Waals surface area contributed by atoms with Gasteiger partial charge in [0, 0.05) is 17.0 Å². The SMILES string of the molecule is CCCCCCCCCCCCCCCc1cccc(OCC)c1C1C(C(=O)OC)=C(C)NC(Cn2c(=S)[nH]c3cc(C)ccc32)=C1C(=O)OC. The summed E-state index contributed by atoms with van der Waals surface area (Å²) in [6.07, 6.45) is 17.5. The number of unbranched alkanes of at least 4 members (excludes halogenated alkanes) is 12. The van der Waals surface area contributed by atoms with E-state index >= 15 is 0 Å². The lowest BCUT2D eigenvalue weighted by Crippen LogP contribution is -2.35. The minimum absolute atomic E-state index is 0.264. The van der Waals surface area contributed by atoms with Crippen molar-refractivity contribution in [3.05, 3.63) is 80.4 Å². The first-order valence-electron chi connectivity index (χ1n) is 19.1. The maximum absolute atomic E-state index is 13.9. The Hall–Kier alpha value is -3.85. The number of carbonyl (C=O) groups is 2. The van der Waals surface area contributed by atoms with Gasteiger partial charge >= 0.3 is 11.9 Å². The average Bonchev–Trinajstić information content (AvgIpc) is 3.42. The molecule has 1 atom stereocenters. The summed E-state index contributed by atoms with van der Waals surface area (Å²) >= 11 is 5.77. The van der Waals surface area contributed by atoms with Crippen LogP contribution in [0.25, 0.3) is 11.0 Å². The third-order valence-electron chi connectivity index (χ3n) is 10.00. The highest BCUT2D eigenvalue weighted by Crippen LogP contribution is 2.45. The number of H-pyrrole nitrogens is 1. The Labute approximate surface area is 310 Å². The number of allylic oxidation sites excluding steroid dienone is 2. The van der Waals surface area contributed by atoms with Gasteiger partial charge in [-0.1, -0.05) is 102 Å². The van der Waals surface area contributed by atoms with Crippen molar-refractivity contribution in [2.45, 2.75) is 130 Å². The summed E-state index contributed by atoms with van der Waals surface area (Å²) in [7, 11) is 2.74. The zero-order chi connectivity index (χ0) is 36.8. The van der Waals surface area contributed by atoms with Crippen molar-refractivity contribution >= 4 is 35.2 Å². The van der Waals surface area contributed by atoms with Crippen molar-refractivity contribution in [3.63, 3.8) is 0 Å². The molecule has 1 aliphatic heterocycles. The maximum atomic E-state index is 13.9. The van der Waals surface area contributed by atoms with E-state index in [1.807, 2.05) is 49.6 Å². The minimum Gasteiger partial charge on any atom is -0.494 e. The van der Waals surface area contributed by atoms with Crippen molar-refractivity contribution in [3.8, 4) is 5.75 Å². The topological polar surface area (TPSA) is 94.6 Å². The first-order valence-corrected chi connectivity index (χ1v) is 19.5. The van der Waals surface area contributed by atoms with Crippen LogP contribution in [0.2, 0.25) is 0 Å². The molecule has 0 spiro atoms. The monoisotopic (exact) mass is 717 g/mol. The number of nitrogens with zero attached hydrogens (tertiary/aromatic N) is 1. The van der Waals surface area contributed by atoms with E-state index in [1.165, 1.54) is 84.8 Å². The van der Waals surface area contributed by atoms with Gasteiger partial charge in [-0.15, -0.1) is 0 Å². The fourth-order valence-electron chi connectivity index (χ4n) is 7.38. The Balaban J connectivity index is 1.63. The van der Waals surface area contributed by atoms with Crippen LogP contribution in [0, 0.1) is 11.7 Å². The lowest BCUT2D eigenvalue weighted by molar-refractivity contribution is -0.137. The molecule has 3 aromatic rings. The second kappa shape index (κ2) is 20.3. The molecular weight excluding hydrogens is 659 g/mol. The summed E-state index contributed by atoms with van der Waals surface area (Å²) in [4.78, 5) is 30.8. The van der Waals surface area contributed by atoms with Gasteiger partial charge in [0.05, 0.1) is 55.5 Å². The molecule has 4 rings (SSSR count). The Morgan fingerprint density at radius 3 is 2.02 bits per heavy atom. The normalized spacial score (nSPS) is 14.6. The summed E-state index contributed by atoms with van der Waals surface area (Å²) < 4.78 is 19.5. The van der Waals surface area contributed by atoms with Gasteiger partial charge in [-0.25, -0.2) is 9.59 Å². The molecule has 8 nitrogen and oxygen atoms in total. The molecule has 0 aliphatic carbocycles. The molecule has 51 heavy (non-hydrogen) atoms. The molecule has 0 amide bonds. The fourth-order valence-corrected chi connectivity index (χ4v) is 7.66. The molecule has 2 N–H and O–H groups in total. The number of esters is 2. The Morgan fingerprint density at radius 1 is 0.804 bits per heavy atom. The molecule has 9 heteroatoms. The number of rotatable bonds is 21. The molecule has 0 saturated heterocycles. The van der Waals surface area contributed by atoms with Crippen LogP contribution in [-0.2, 0) is 32.0 Å². The van der Waals surface area contributed by atoms with Crippen molar-refractivity contribution in [2.24, 2.45) is 0 Å². The highest BCUT2D eigenvalue weighted by atomic mass is 32.1. The number of aromatic nitrogens is 2. The van der Waals surface area contributed by atoms with Crippen LogP contribution in [0.5, 0.6) is 5.75 Å². The summed E-state index contributed by atoms with van der Waals surface area (Å²) in [5, 5.41) is 3.39. The first-order chi connectivity index (χ1) is 24.7. The zero-order valence-electron chi connectivity index (χ0n) is 31.8. The predicted molar refractivity (Wildman–Crippen MR) is 209 cm³/mol. The summed E-state index contributed by atoms with van der Waals surface area (Å²) in [5.41, 5.74) is 6.70. The van der Waals surface area contributed by atoms with Gasteiger partial charge in [-0.2, -0.15) is 0 Å². The van der Waals surface area contributed by atoms with Crippen molar-refractivity contribution in [2.75, 3.05) is 20.8 Å². The number of imidazole rings is 1. The Kier molecular flexibility index (Phi) is 15.9. The molecule has 2 aromatic carbocycles. The number of benzene rings is 2. The smallest absolute Gasteiger partial charge is 0.336 e. The van der Waals surface area contributed by atoms with E-state index in [9.17, 15) is 9.59 Å². The molecule has 1 aromatic heterocycles. The minimum atomic E-state index is -0.775. The number of dihydropyridines is 1. The van der Waals surface area contributed by atoms with Crippen molar-refractivity contribution in [1.82, 2.24) is 14.9 Å². The van der Waals surface area contributed by atoms with Gasteiger partial charge in [0.25, 0.3) is 0 Å². The third-order valence-corrected chi connectivity index (χ3v) is 10.3. The van der Waals surface area contributed by atoms with Gasteiger partial charge in [0.1, 0.15) is 5.75 Å². The molecule has 278 valence electrons. The number of carbonyl (C=O) groups excluding carboxylic acids is 2. The van der Waals surface area contributed by atoms with Crippen molar-refractivity contribution in [1.29, 1.82) is 0 Å². The molecule has 0 fully saturated rings. The van der Waals surface area contributed by atoms with Gasteiger partial charge < -0.3 is 29.1 Å². The standard InChI is InChI=1S/C42H59N3O5S/c1-7-9-10-11-12-13-14-15-16-17-18-19-20-22-31-23-21-24-35(50-8-2)37(31)39-36(40(46)48-5)30(4)43-33(38(39)41(47)49-6)28-45-34-26-25-29(3)27-32(34)44-42(45)51/h21,23-27,39,43H,7-20,22,28H2,1-6H3,(H,44,51). The van der Waals surface area contributed by atoms with Crippen LogP contribution in [0.3, 0.4) is 0 Å². The Morgan fingerprint density at radius 2 is 1.41 bits per heavy atom. The van der Waals surface area contributed by atoms with E-state index < -0.39 is 17.9 Å². The summed E-state index contributed by atoms with van der Waals surface area (Å²) in [6.45, 7) is 8.79. The van der Waals surface area contributed by atoms with Gasteiger partial charge in [-0.05, 0) is 75.2 Å². The van der Waals surface area contributed by atoms with Crippen molar-refractivity contribution < 1.29 is 23.8 Å². The number of aromatic amines is 1. The molecule has 0 saturated carbocycles. The van der Waals surface area contributed by atoms with Crippen LogP contribution in [-0.4, -0.2) is 42.3 Å². The van der Waals surface area contributed by atoms with E-state index in [1.54, 1.807) is 0 Å². The van der Waals surface area contributed by atoms with Gasteiger partial charge in [0.2, 0.25) is 0 Å². The van der Waals surface area contributed by atoms with Crippen LogP contribution in [0.4, 0.5) is 0 Å². The second-order valence-corrected chi connectivity index (χ2v) is 14.2. The predicted octanol–water partition coefficient (Wildman–Crippen LogP) is 10.3. The maximum Gasteiger partial charge on any atom is 0.336 e. The lowest BCUT2D eigenvalue weighted by Gasteiger charge is -2.33. The molecule has 1 unspecified atom stereocenters. The third kappa shape index (κ3) is 10.4. The number of aryl methyl sites for hydroxylation is 2. The van der Waals surface area contributed by atoms with Crippen LogP contribution in [0.15, 0.2) is 58.9 Å². The number of nitrogens with one attached hydrogen (secondary N) is 2. The first kappa shape index (κ1) is 39.9. The number of hydrogen-bond acceptors (Lipinski definition) is 7. The lowest BCUT2D eigenvalue weighted by atomic mass is 9.77. The van der Waals surface area contributed by atoms with Gasteiger partial charge in [-0.3, -0.25) is 0 Å². The largest absolute Gasteiger partial charge is 0.494 e. The number of ether oxygens (including phenoxy) is 3. The average molecular weight is 718 g/mol. The van der Waals surface area contributed by atoms with Gasteiger partial charge in [0.15, 0.2) is 4.77 Å². The van der Waals surface area contributed by atoms with E-state index in [4.69, 9.17) is 26.4 Å².